The molecule has 0 bridgehead atoms. The summed E-state index contributed by atoms with van der Waals surface area (Å²) in [4.78, 5) is 28.9. The second-order valence-electron chi connectivity index (χ2n) is 8.02. The van der Waals surface area contributed by atoms with Crippen LogP contribution in [0.25, 0.3) is 11.1 Å². The van der Waals surface area contributed by atoms with Crippen molar-refractivity contribution in [2.45, 2.75) is 25.8 Å². The Kier molecular flexibility index (Phi) is 6.28. The molecule has 0 spiro atoms. The highest BCUT2D eigenvalue weighted by Crippen LogP contribution is 2.31. The summed E-state index contributed by atoms with van der Waals surface area (Å²) in [5, 5.41) is 2.56. The zero-order valence-electron chi connectivity index (χ0n) is 17.7. The lowest BCUT2D eigenvalue weighted by Gasteiger charge is -2.16. The first-order valence-corrected chi connectivity index (χ1v) is 10.5. The Bertz CT molecular complexity index is 1160. The van der Waals surface area contributed by atoms with Crippen LogP contribution < -0.4 is 11.1 Å². The van der Waals surface area contributed by atoms with Gasteiger partial charge < -0.3 is 15.8 Å². The van der Waals surface area contributed by atoms with Gasteiger partial charge in [-0.3, -0.25) is 9.78 Å². The van der Waals surface area contributed by atoms with E-state index in [1.54, 1.807) is 36.4 Å². The molecule has 1 saturated carbocycles. The van der Waals surface area contributed by atoms with E-state index in [0.717, 1.165) is 35.7 Å². The van der Waals surface area contributed by atoms with Crippen molar-refractivity contribution in [3.05, 3.63) is 83.4 Å². The van der Waals surface area contributed by atoms with E-state index >= 15 is 0 Å². The molecule has 1 aromatic heterocycles. The molecule has 6 nitrogen and oxygen atoms in total. The fourth-order valence-corrected chi connectivity index (χ4v) is 3.39. The molecule has 7 heteroatoms. The number of pyridine rings is 1. The van der Waals surface area contributed by atoms with Crippen LogP contribution in [-0.4, -0.2) is 23.5 Å². The van der Waals surface area contributed by atoms with Crippen LogP contribution in [0.3, 0.4) is 0 Å². The maximum absolute atomic E-state index is 13.9. The number of nitrogens with zero attached hydrogens (tertiary/aromatic N) is 1. The average Bonchev–Trinajstić information content (AvgIpc) is 3.63. The number of amides is 1. The Balaban J connectivity index is 1.63. The van der Waals surface area contributed by atoms with Crippen LogP contribution in [0.4, 0.5) is 10.1 Å². The molecule has 1 aliphatic rings. The lowest BCUT2D eigenvalue weighted by atomic mass is 9.92. The van der Waals surface area contributed by atoms with Gasteiger partial charge in [-0.2, -0.15) is 0 Å². The van der Waals surface area contributed by atoms with E-state index in [4.69, 9.17) is 10.5 Å². The minimum Gasteiger partial charge on any atom is -0.462 e. The molecule has 0 aliphatic heterocycles. The SMILES string of the molecule is CC(N)c1ccc(C(=O)Nc2ccncc2F)cc1-c1cccc(C(=O)OCC2CC2)c1. The number of hydrogen-bond donors (Lipinski definition) is 2. The Hall–Kier alpha value is -3.58. The van der Waals surface area contributed by atoms with Crippen molar-refractivity contribution in [3.8, 4) is 11.1 Å². The van der Waals surface area contributed by atoms with Crippen molar-refractivity contribution in [2.75, 3.05) is 11.9 Å². The highest BCUT2D eigenvalue weighted by molar-refractivity contribution is 6.05. The van der Waals surface area contributed by atoms with Crippen molar-refractivity contribution >= 4 is 17.6 Å². The topological polar surface area (TPSA) is 94.3 Å². The summed E-state index contributed by atoms with van der Waals surface area (Å²) in [6.45, 7) is 2.29. The molecule has 0 radical (unpaired) electrons. The first kappa shape index (κ1) is 21.6. The van der Waals surface area contributed by atoms with Crippen LogP contribution in [0.2, 0.25) is 0 Å². The van der Waals surface area contributed by atoms with Crippen molar-refractivity contribution in [3.63, 3.8) is 0 Å². The highest BCUT2D eigenvalue weighted by atomic mass is 19.1. The van der Waals surface area contributed by atoms with Crippen LogP contribution in [0.1, 0.15) is 52.1 Å². The number of carbonyl (C=O) groups is 2. The van der Waals surface area contributed by atoms with Gasteiger partial charge in [-0.15, -0.1) is 0 Å². The number of carbonyl (C=O) groups excluding carboxylic acids is 2. The van der Waals surface area contributed by atoms with E-state index in [1.165, 1.54) is 12.3 Å². The molecule has 1 atom stereocenters. The van der Waals surface area contributed by atoms with E-state index in [-0.39, 0.29) is 17.7 Å². The Morgan fingerprint density at radius 1 is 1.19 bits per heavy atom. The van der Waals surface area contributed by atoms with Crippen LogP contribution >= 0.6 is 0 Å². The molecule has 1 amide bonds. The van der Waals surface area contributed by atoms with E-state index in [0.29, 0.717) is 23.7 Å². The number of aromatic nitrogens is 1. The fraction of sp³-hybridized carbons (Fsp3) is 0.240. The monoisotopic (exact) mass is 433 g/mol. The number of rotatable bonds is 7. The predicted molar refractivity (Wildman–Crippen MR) is 120 cm³/mol. The molecule has 1 heterocycles. The molecule has 3 N–H and O–H groups in total. The summed E-state index contributed by atoms with van der Waals surface area (Å²) < 4.78 is 19.3. The average molecular weight is 433 g/mol. The van der Waals surface area contributed by atoms with E-state index in [2.05, 4.69) is 10.3 Å². The van der Waals surface area contributed by atoms with Crippen molar-refractivity contribution < 1.29 is 18.7 Å². The Morgan fingerprint density at radius 2 is 2.00 bits per heavy atom. The minimum absolute atomic E-state index is 0.0447. The molecule has 1 aliphatic carbocycles. The molecular formula is C25H24FN3O3. The Morgan fingerprint density at radius 3 is 2.72 bits per heavy atom. The predicted octanol–water partition coefficient (Wildman–Crippen LogP) is 4.73. The summed E-state index contributed by atoms with van der Waals surface area (Å²) in [5.74, 6) is -0.978. The Labute approximate surface area is 185 Å². The largest absolute Gasteiger partial charge is 0.462 e. The molecular weight excluding hydrogens is 409 g/mol. The minimum atomic E-state index is -0.620. The van der Waals surface area contributed by atoms with Gasteiger partial charge in [0.1, 0.15) is 0 Å². The van der Waals surface area contributed by atoms with E-state index in [1.807, 2.05) is 13.0 Å². The molecule has 0 saturated heterocycles. The van der Waals surface area contributed by atoms with Gasteiger partial charge in [-0.25, -0.2) is 9.18 Å². The number of nitrogens with two attached hydrogens (primary N) is 1. The second kappa shape index (κ2) is 9.28. The number of nitrogens with one attached hydrogen (secondary N) is 1. The first-order chi connectivity index (χ1) is 15.4. The van der Waals surface area contributed by atoms with Gasteiger partial charge >= 0.3 is 5.97 Å². The van der Waals surface area contributed by atoms with Crippen LogP contribution in [-0.2, 0) is 4.74 Å². The normalized spacial score (nSPS) is 14.0. The summed E-state index contributed by atoms with van der Waals surface area (Å²) in [7, 11) is 0. The quantitative estimate of drug-likeness (QED) is 0.526. The summed E-state index contributed by atoms with van der Waals surface area (Å²) >= 11 is 0. The van der Waals surface area contributed by atoms with E-state index in [9.17, 15) is 14.0 Å². The third-order valence-corrected chi connectivity index (χ3v) is 5.38. The highest BCUT2D eigenvalue weighted by Gasteiger charge is 2.23. The van der Waals surface area contributed by atoms with Gasteiger partial charge in [0.15, 0.2) is 5.82 Å². The van der Waals surface area contributed by atoms with Crippen molar-refractivity contribution in [2.24, 2.45) is 11.7 Å². The van der Waals surface area contributed by atoms with E-state index < -0.39 is 11.7 Å². The maximum atomic E-state index is 13.9. The number of anilines is 1. The van der Waals surface area contributed by atoms with Gasteiger partial charge in [0.05, 0.1) is 24.1 Å². The number of hydrogen-bond acceptors (Lipinski definition) is 5. The third-order valence-electron chi connectivity index (χ3n) is 5.38. The molecule has 1 unspecified atom stereocenters. The van der Waals surface area contributed by atoms with Gasteiger partial charge in [0.25, 0.3) is 5.91 Å². The lowest BCUT2D eigenvalue weighted by molar-refractivity contribution is 0.0486. The summed E-state index contributed by atoms with van der Waals surface area (Å²) in [6, 6.07) is 13.3. The molecule has 4 rings (SSSR count). The molecule has 3 aromatic rings. The molecule has 164 valence electrons. The third kappa shape index (κ3) is 5.00. The molecule has 2 aromatic carbocycles. The number of halogens is 1. The summed E-state index contributed by atoms with van der Waals surface area (Å²) in [5.41, 5.74) is 9.26. The van der Waals surface area contributed by atoms with Crippen LogP contribution in [0, 0.1) is 11.7 Å². The van der Waals surface area contributed by atoms with Gasteiger partial charge in [-0.05, 0) is 72.7 Å². The number of ether oxygens (including phenoxy) is 1. The van der Waals surface area contributed by atoms with Crippen molar-refractivity contribution in [1.82, 2.24) is 4.98 Å². The number of esters is 1. The van der Waals surface area contributed by atoms with Gasteiger partial charge in [0.2, 0.25) is 0 Å². The van der Waals surface area contributed by atoms with Gasteiger partial charge in [-0.1, -0.05) is 18.2 Å². The lowest BCUT2D eigenvalue weighted by Crippen LogP contribution is -2.14. The van der Waals surface area contributed by atoms with Crippen LogP contribution in [0.15, 0.2) is 60.9 Å². The van der Waals surface area contributed by atoms with Crippen molar-refractivity contribution in [1.29, 1.82) is 0 Å². The van der Waals surface area contributed by atoms with Gasteiger partial charge in [0, 0.05) is 17.8 Å². The zero-order chi connectivity index (χ0) is 22.7. The standard InChI is InChI=1S/C25H24FN3O3/c1-15(27)20-8-7-18(24(30)29-23-9-10-28-13-22(23)26)12-21(20)17-3-2-4-19(11-17)25(31)32-14-16-5-6-16/h2-4,7-13,15-16H,5-6,14,27H2,1H3,(H,28,29,30). The molecule has 1 fully saturated rings. The summed E-state index contributed by atoms with van der Waals surface area (Å²) in [6.07, 6.45) is 4.64. The van der Waals surface area contributed by atoms with Crippen LogP contribution in [0.5, 0.6) is 0 Å². The molecule has 32 heavy (non-hydrogen) atoms. The fourth-order valence-electron chi connectivity index (χ4n) is 3.39. The zero-order valence-corrected chi connectivity index (χ0v) is 17.7. The first-order valence-electron chi connectivity index (χ1n) is 10.5. The number of benzene rings is 2. The maximum Gasteiger partial charge on any atom is 0.338 e. The smallest absolute Gasteiger partial charge is 0.338 e. The second-order valence-corrected chi connectivity index (χ2v) is 8.02.